The first kappa shape index (κ1) is 9.37. The molecule has 0 atom stereocenters. The van der Waals surface area contributed by atoms with Gasteiger partial charge in [0.15, 0.2) is 0 Å². The Morgan fingerprint density at radius 3 is 2.75 bits per heavy atom. The molecule has 0 amide bonds. The Morgan fingerprint density at radius 1 is 1.58 bits per heavy atom. The molecule has 1 heterocycles. The van der Waals surface area contributed by atoms with Crippen LogP contribution in [0.4, 0.5) is 0 Å². The molecule has 0 aliphatic carbocycles. The highest BCUT2D eigenvalue weighted by Crippen LogP contribution is 2.21. The van der Waals surface area contributed by atoms with Gasteiger partial charge in [-0.2, -0.15) is 8.42 Å². The maximum atomic E-state index is 10.6. The monoisotopic (exact) mass is 205 g/mol. The molecule has 1 radical (unpaired) electrons. The first-order valence-electron chi connectivity index (χ1n) is 2.94. The Bertz CT molecular complexity index is 376. The molecule has 0 spiro atoms. The molecular weight excluding hydrogens is 200 g/mol. The van der Waals surface area contributed by atoms with Gasteiger partial charge in [0.2, 0.25) is 6.29 Å². The van der Waals surface area contributed by atoms with Crippen LogP contribution in [0, 0.1) is 0 Å². The second kappa shape index (κ2) is 3.34. The van der Waals surface area contributed by atoms with Crippen molar-refractivity contribution >= 4 is 27.7 Å². The van der Waals surface area contributed by atoms with Crippen LogP contribution in [-0.2, 0) is 21.3 Å². The summed E-state index contributed by atoms with van der Waals surface area (Å²) in [6.07, 6.45) is 1.45. The molecule has 0 unspecified atom stereocenters. The van der Waals surface area contributed by atoms with Gasteiger partial charge >= 0.3 is 10.1 Å². The standard InChI is InChI=1S/C6H5O4S2/c7-3-1-5-2-4-11-6(5)12(8,9)10/h2,4H,1H2,(H,8,9,10). The summed E-state index contributed by atoms with van der Waals surface area (Å²) in [5.74, 6) is 0. The summed E-state index contributed by atoms with van der Waals surface area (Å²) < 4.78 is 29.7. The van der Waals surface area contributed by atoms with Gasteiger partial charge in [-0.25, -0.2) is 0 Å². The van der Waals surface area contributed by atoms with Crippen LogP contribution in [0.5, 0.6) is 0 Å². The van der Waals surface area contributed by atoms with Crippen LogP contribution >= 0.6 is 11.3 Å². The second-order valence-corrected chi connectivity index (χ2v) is 4.56. The van der Waals surface area contributed by atoms with Crippen LogP contribution in [0.15, 0.2) is 15.7 Å². The minimum Gasteiger partial charge on any atom is -0.291 e. The highest BCUT2D eigenvalue weighted by atomic mass is 32.3. The van der Waals surface area contributed by atoms with Crippen molar-refractivity contribution in [2.45, 2.75) is 10.6 Å². The SMILES string of the molecule is O=[C]Cc1ccsc1S(=O)(=O)O. The van der Waals surface area contributed by atoms with Crippen molar-refractivity contribution in [1.82, 2.24) is 0 Å². The van der Waals surface area contributed by atoms with Gasteiger partial charge in [0, 0.05) is 6.42 Å². The molecule has 1 N–H and O–H groups in total. The van der Waals surface area contributed by atoms with E-state index in [4.69, 9.17) is 4.55 Å². The molecule has 6 heteroatoms. The zero-order valence-electron chi connectivity index (χ0n) is 5.85. The lowest BCUT2D eigenvalue weighted by Crippen LogP contribution is -1.99. The molecule has 1 rings (SSSR count). The zero-order chi connectivity index (χ0) is 9.19. The van der Waals surface area contributed by atoms with E-state index in [0.717, 1.165) is 11.3 Å². The fourth-order valence-corrected chi connectivity index (χ4v) is 2.53. The molecule has 0 aromatic carbocycles. The van der Waals surface area contributed by atoms with Crippen molar-refractivity contribution in [2.24, 2.45) is 0 Å². The van der Waals surface area contributed by atoms with E-state index in [9.17, 15) is 13.2 Å². The van der Waals surface area contributed by atoms with E-state index in [0.29, 0.717) is 0 Å². The van der Waals surface area contributed by atoms with Crippen LogP contribution in [0.3, 0.4) is 0 Å². The third-order valence-electron chi connectivity index (χ3n) is 1.20. The smallest absolute Gasteiger partial charge is 0.291 e. The van der Waals surface area contributed by atoms with Crippen LogP contribution in [0.1, 0.15) is 5.56 Å². The Balaban J connectivity index is 3.16. The molecule has 1 aromatic heterocycles. The summed E-state index contributed by atoms with van der Waals surface area (Å²) in [5.41, 5.74) is 0.289. The summed E-state index contributed by atoms with van der Waals surface area (Å²) in [6, 6.07) is 1.47. The Kier molecular flexibility index (Phi) is 2.61. The third kappa shape index (κ3) is 1.90. The summed E-state index contributed by atoms with van der Waals surface area (Å²) in [6.45, 7) is 0. The highest BCUT2D eigenvalue weighted by molar-refractivity contribution is 7.88. The summed E-state index contributed by atoms with van der Waals surface area (Å²) in [4.78, 5) is 9.95. The molecule has 0 bridgehead atoms. The van der Waals surface area contributed by atoms with Gasteiger partial charge in [-0.3, -0.25) is 9.35 Å². The lowest BCUT2D eigenvalue weighted by molar-refractivity contribution is 0.485. The summed E-state index contributed by atoms with van der Waals surface area (Å²) >= 11 is 0.880. The van der Waals surface area contributed by atoms with Crippen molar-refractivity contribution in [1.29, 1.82) is 0 Å². The molecule has 1 aromatic rings. The maximum absolute atomic E-state index is 10.6. The predicted molar refractivity (Wildman–Crippen MR) is 43.5 cm³/mol. The average Bonchev–Trinajstić information content (AvgIpc) is 2.34. The van der Waals surface area contributed by atoms with Crippen LogP contribution in [-0.4, -0.2) is 19.3 Å². The van der Waals surface area contributed by atoms with Crippen molar-refractivity contribution in [3.05, 3.63) is 17.0 Å². The molecule has 0 fully saturated rings. The fraction of sp³-hybridized carbons (Fsp3) is 0.167. The van der Waals surface area contributed by atoms with Gasteiger partial charge in [-0.05, 0) is 17.0 Å². The zero-order valence-corrected chi connectivity index (χ0v) is 7.48. The lowest BCUT2D eigenvalue weighted by atomic mass is 10.3. The van der Waals surface area contributed by atoms with Gasteiger partial charge in [0.25, 0.3) is 0 Å². The Morgan fingerprint density at radius 2 is 2.25 bits per heavy atom. The number of hydrogen-bond donors (Lipinski definition) is 1. The number of hydrogen-bond acceptors (Lipinski definition) is 4. The third-order valence-corrected chi connectivity index (χ3v) is 3.60. The minimum absolute atomic E-state index is 0.112. The van der Waals surface area contributed by atoms with E-state index >= 15 is 0 Å². The minimum atomic E-state index is -4.17. The summed E-state index contributed by atoms with van der Waals surface area (Å²) in [5, 5.41) is 1.50. The average molecular weight is 205 g/mol. The van der Waals surface area contributed by atoms with Crippen LogP contribution < -0.4 is 0 Å². The number of rotatable bonds is 3. The van der Waals surface area contributed by atoms with Crippen molar-refractivity contribution < 1.29 is 17.8 Å². The molecule has 65 valence electrons. The van der Waals surface area contributed by atoms with Gasteiger partial charge < -0.3 is 0 Å². The van der Waals surface area contributed by atoms with Crippen LogP contribution in [0.2, 0.25) is 0 Å². The van der Waals surface area contributed by atoms with E-state index in [1.165, 1.54) is 11.4 Å². The van der Waals surface area contributed by atoms with Crippen molar-refractivity contribution in [2.75, 3.05) is 0 Å². The molecule has 4 nitrogen and oxygen atoms in total. The summed E-state index contributed by atoms with van der Waals surface area (Å²) in [7, 11) is -4.17. The molecular formula is C6H5O4S2. The second-order valence-electron chi connectivity index (χ2n) is 2.03. The van der Waals surface area contributed by atoms with E-state index < -0.39 is 10.1 Å². The Labute approximate surface area is 73.6 Å². The largest absolute Gasteiger partial charge is 0.304 e. The quantitative estimate of drug-likeness (QED) is 0.735. The van der Waals surface area contributed by atoms with E-state index in [1.54, 1.807) is 6.29 Å². The van der Waals surface area contributed by atoms with Crippen molar-refractivity contribution in [3.63, 3.8) is 0 Å². The van der Waals surface area contributed by atoms with Gasteiger partial charge in [0.1, 0.15) is 4.21 Å². The van der Waals surface area contributed by atoms with Gasteiger partial charge in [0.05, 0.1) is 0 Å². The lowest BCUT2D eigenvalue weighted by Gasteiger charge is -1.93. The first-order valence-corrected chi connectivity index (χ1v) is 5.26. The fourth-order valence-electron chi connectivity index (χ4n) is 0.757. The number of thiophene rings is 1. The molecule has 0 saturated carbocycles. The topological polar surface area (TPSA) is 71.4 Å². The maximum Gasteiger partial charge on any atom is 0.304 e. The van der Waals surface area contributed by atoms with Gasteiger partial charge in [-0.1, -0.05) is 0 Å². The highest BCUT2D eigenvalue weighted by Gasteiger charge is 2.16. The molecule has 0 saturated heterocycles. The molecule has 12 heavy (non-hydrogen) atoms. The normalized spacial score (nSPS) is 11.4. The Hall–Kier alpha value is -0.720. The van der Waals surface area contributed by atoms with E-state index in [-0.39, 0.29) is 16.2 Å². The van der Waals surface area contributed by atoms with E-state index in [1.807, 2.05) is 0 Å². The molecule has 0 aliphatic heterocycles. The molecule has 0 aliphatic rings. The van der Waals surface area contributed by atoms with Crippen LogP contribution in [0.25, 0.3) is 0 Å². The predicted octanol–water partition coefficient (Wildman–Crippen LogP) is 0.647. The number of carbonyl (C=O) groups excluding carboxylic acids is 1. The van der Waals surface area contributed by atoms with Gasteiger partial charge in [-0.15, -0.1) is 11.3 Å². The van der Waals surface area contributed by atoms with E-state index in [2.05, 4.69) is 0 Å². The first-order chi connectivity index (χ1) is 5.55. The van der Waals surface area contributed by atoms with Crippen molar-refractivity contribution in [3.8, 4) is 0 Å².